The Labute approximate surface area is 344 Å². The van der Waals surface area contributed by atoms with E-state index in [4.69, 9.17) is 57.7 Å². The van der Waals surface area contributed by atoms with E-state index in [0.29, 0.717) is 59.5 Å². The van der Waals surface area contributed by atoms with Gasteiger partial charge < -0.3 is 38.9 Å². The molecule has 0 aliphatic rings. The molecule has 3 aromatic heterocycles. The molecule has 0 aliphatic carbocycles. The molecule has 11 N–H and O–H groups in total. The molecule has 0 amide bonds. The van der Waals surface area contributed by atoms with E-state index < -0.39 is 0 Å². The number of hydrogen-bond donors (Lipinski definition) is 7. The molecule has 0 saturated heterocycles. The fraction of sp³-hybridized carbons (Fsp3) is 0.700. The summed E-state index contributed by atoms with van der Waals surface area (Å²) in [6, 6.07) is 0. The Bertz CT molecular complexity index is 1130. The number of rotatable bonds is 13. The summed E-state index contributed by atoms with van der Waals surface area (Å²) in [6.07, 6.45) is 7.73. The maximum absolute atomic E-state index is 5.69. The van der Waals surface area contributed by atoms with Crippen LogP contribution in [0.25, 0.3) is 0 Å². The topological polar surface area (TPSA) is 256 Å². The van der Waals surface area contributed by atoms with Gasteiger partial charge in [0.25, 0.3) is 0 Å². The second kappa shape index (κ2) is 47.2. The van der Waals surface area contributed by atoms with Crippen LogP contribution in [0.2, 0.25) is 15.9 Å². The Morgan fingerprint density at radius 1 is 0.442 bits per heavy atom. The van der Waals surface area contributed by atoms with Gasteiger partial charge in [-0.3, -0.25) is 0 Å². The minimum Gasteiger partial charge on any atom is -0.354 e. The second-order valence-corrected chi connectivity index (χ2v) is 11.1. The van der Waals surface area contributed by atoms with E-state index in [2.05, 4.69) is 74.7 Å². The van der Waals surface area contributed by atoms with Crippen LogP contribution in [0.3, 0.4) is 0 Å². The normalized spacial score (nSPS) is 8.48. The lowest BCUT2D eigenvalue weighted by Gasteiger charge is -2.07. The summed E-state index contributed by atoms with van der Waals surface area (Å²) in [5, 5.41) is 11.6. The van der Waals surface area contributed by atoms with Crippen molar-refractivity contribution in [3.63, 3.8) is 0 Å². The zero-order valence-corrected chi connectivity index (χ0v) is 31.8. The molecule has 3 aromatic rings. The fourth-order valence-corrected chi connectivity index (χ4v) is 3.91. The number of aromatic nitrogens is 9. The molecule has 0 aliphatic heterocycles. The van der Waals surface area contributed by atoms with Gasteiger partial charge in [0.05, 0.1) is 0 Å². The largest absolute Gasteiger partial charge is 0.354 e. The Kier molecular flexibility index (Phi) is 61.9. The van der Waals surface area contributed by atoms with Gasteiger partial charge in [0.2, 0.25) is 33.7 Å². The van der Waals surface area contributed by atoms with Crippen LogP contribution in [-0.2, 0) is 0 Å². The minimum absolute atomic E-state index is 0. The molecular weight excluding hydrogens is 787 g/mol. The van der Waals surface area contributed by atoms with Crippen molar-refractivity contribution in [2.75, 3.05) is 80.5 Å². The van der Waals surface area contributed by atoms with Crippen molar-refractivity contribution >= 4 is 87.9 Å². The van der Waals surface area contributed by atoms with Gasteiger partial charge in [0.1, 0.15) is 0 Å². The summed E-state index contributed by atoms with van der Waals surface area (Å²) >= 11 is 20.9. The summed E-state index contributed by atoms with van der Waals surface area (Å²) in [5.74, 6) is 1.73. The molecule has 16 nitrogen and oxygen atoms in total. The highest BCUT2D eigenvalue weighted by Crippen LogP contribution is 2.15. The molecule has 22 heteroatoms. The highest BCUT2D eigenvalue weighted by molar-refractivity contribution is 7.98. The number of hydrogen-bond acceptors (Lipinski definition) is 19. The Balaban J connectivity index is -0.0000000821. The van der Waals surface area contributed by atoms with Crippen LogP contribution < -0.4 is 38.9 Å². The standard InChI is InChI=1S/C9H18N6S.C7H11ClN4S.C4H3Cl2N3S.C2H8N2.C2H7N.6CH4/c1-3-5-11-7-13-8(12-6-4-10)15-9(14-7)16-2;1-3-4-9-6-10-5(8)11-7(12-6)13-2;1-10-4-8-2(5)7-3(6)9-4;3-1-2-4;1-2-3;;;;;;/h3-6,10H2,1-2H3,(H2,11,12,13,14,15);3-4H2,1-2H3,(H,9,10,11,12);1H3;1-4H2;2-3H2,1H3;6*1H4. The van der Waals surface area contributed by atoms with Crippen LogP contribution in [0.5, 0.6) is 0 Å². The van der Waals surface area contributed by atoms with Crippen LogP contribution in [-0.4, -0.2) is 109 Å². The van der Waals surface area contributed by atoms with E-state index in [1.807, 2.05) is 25.7 Å². The van der Waals surface area contributed by atoms with Gasteiger partial charge in [-0.15, -0.1) is 0 Å². The molecule has 0 aromatic carbocycles. The molecule has 0 spiro atoms. The van der Waals surface area contributed by atoms with Crippen molar-refractivity contribution < 1.29 is 0 Å². The molecule has 310 valence electrons. The summed E-state index contributed by atoms with van der Waals surface area (Å²) in [7, 11) is 0. The predicted molar refractivity (Wildman–Crippen MR) is 238 cm³/mol. The smallest absolute Gasteiger partial charge is 0.228 e. The van der Waals surface area contributed by atoms with Crippen molar-refractivity contribution in [1.82, 2.24) is 44.9 Å². The van der Waals surface area contributed by atoms with Crippen molar-refractivity contribution in [3.8, 4) is 0 Å². The summed E-state index contributed by atoms with van der Waals surface area (Å²) in [5.41, 5.74) is 20.1. The zero-order valence-electron chi connectivity index (χ0n) is 27.1. The number of nitrogens with two attached hydrogens (primary N) is 4. The molecule has 0 fully saturated rings. The molecule has 3 rings (SSSR count). The van der Waals surface area contributed by atoms with Gasteiger partial charge in [-0.25, -0.2) is 0 Å². The van der Waals surface area contributed by atoms with Gasteiger partial charge >= 0.3 is 0 Å². The van der Waals surface area contributed by atoms with E-state index in [1.54, 1.807) is 0 Å². The molecule has 0 atom stereocenters. The molecular formula is C30H71Cl3N16S3. The van der Waals surface area contributed by atoms with Gasteiger partial charge in [-0.05, 0) is 73.0 Å². The highest BCUT2D eigenvalue weighted by atomic mass is 35.5. The fourth-order valence-electron chi connectivity index (χ4n) is 2.17. The third-order valence-corrected chi connectivity index (χ3v) is 6.12. The predicted octanol–water partition coefficient (Wildman–Crippen LogP) is 7.44. The molecule has 0 radical (unpaired) electrons. The first-order valence-electron chi connectivity index (χ1n) is 14.0. The summed E-state index contributed by atoms with van der Waals surface area (Å²) < 4.78 is 0. The van der Waals surface area contributed by atoms with Gasteiger partial charge in [-0.1, -0.05) is 101 Å². The van der Waals surface area contributed by atoms with E-state index >= 15 is 0 Å². The van der Waals surface area contributed by atoms with Crippen LogP contribution in [0.15, 0.2) is 15.5 Å². The van der Waals surface area contributed by atoms with Crippen LogP contribution in [0, 0.1) is 0 Å². The monoisotopic (exact) mass is 856 g/mol. The molecule has 52 heavy (non-hydrogen) atoms. The SMILES string of the molecule is C.C.C.C.C.C.CCCNc1nc(Cl)nc(SC)n1.CCCNc1nc(NCCN)nc(SC)n1.CCN.CSc1nc(Cl)nc(Cl)n1.NCCN. The quantitative estimate of drug-likeness (QED) is 0.0824. The Morgan fingerprint density at radius 3 is 1.04 bits per heavy atom. The first kappa shape index (κ1) is 68.2. The lowest BCUT2D eigenvalue weighted by atomic mass is 10.5. The average molecular weight is 859 g/mol. The summed E-state index contributed by atoms with van der Waals surface area (Å²) in [6.45, 7) is 10.9. The maximum Gasteiger partial charge on any atom is 0.228 e. The number of anilines is 3. The average Bonchev–Trinajstić information content (AvgIpc) is 3.05. The van der Waals surface area contributed by atoms with E-state index in [-0.39, 0.29) is 60.4 Å². The van der Waals surface area contributed by atoms with Crippen LogP contribution in [0.4, 0.5) is 17.8 Å². The summed E-state index contributed by atoms with van der Waals surface area (Å²) in [4.78, 5) is 35.9. The van der Waals surface area contributed by atoms with E-state index in [9.17, 15) is 0 Å². The van der Waals surface area contributed by atoms with E-state index in [1.165, 1.54) is 35.3 Å². The zero-order chi connectivity index (χ0) is 35.2. The molecule has 3 heterocycles. The van der Waals surface area contributed by atoms with Crippen molar-refractivity contribution in [3.05, 3.63) is 15.9 Å². The molecule has 0 unspecified atom stereocenters. The lowest BCUT2D eigenvalue weighted by molar-refractivity contribution is 0.870. The second-order valence-electron chi connectivity index (χ2n) is 7.80. The number of nitrogens with one attached hydrogen (secondary N) is 3. The first-order valence-corrected chi connectivity index (χ1v) is 18.8. The van der Waals surface area contributed by atoms with Crippen LogP contribution >= 0.6 is 70.1 Å². The minimum atomic E-state index is 0. The Morgan fingerprint density at radius 2 is 0.731 bits per heavy atom. The van der Waals surface area contributed by atoms with E-state index in [0.717, 1.165) is 32.5 Å². The third kappa shape index (κ3) is 37.9. The van der Waals surface area contributed by atoms with Crippen molar-refractivity contribution in [2.24, 2.45) is 22.9 Å². The number of halogens is 3. The number of nitrogens with zero attached hydrogens (tertiary/aromatic N) is 9. The molecule has 0 saturated carbocycles. The van der Waals surface area contributed by atoms with Crippen LogP contribution in [0.1, 0.15) is 78.2 Å². The molecule has 0 bridgehead atoms. The van der Waals surface area contributed by atoms with Crippen molar-refractivity contribution in [2.45, 2.75) is 93.6 Å². The van der Waals surface area contributed by atoms with Crippen molar-refractivity contribution in [1.29, 1.82) is 0 Å². The van der Waals surface area contributed by atoms with Gasteiger partial charge in [0.15, 0.2) is 15.5 Å². The maximum atomic E-state index is 5.69. The first-order chi connectivity index (χ1) is 22.1. The highest BCUT2D eigenvalue weighted by Gasteiger charge is 2.05. The third-order valence-electron chi connectivity index (χ3n) is 3.97. The Hall–Kier alpha value is -1.81. The van der Waals surface area contributed by atoms with Gasteiger partial charge in [-0.2, -0.15) is 44.9 Å². The number of thioether (sulfide) groups is 3. The lowest BCUT2D eigenvalue weighted by Crippen LogP contribution is -2.16. The van der Waals surface area contributed by atoms with Gasteiger partial charge in [0, 0.05) is 39.3 Å².